The van der Waals surface area contributed by atoms with Crippen molar-refractivity contribution in [2.45, 2.75) is 31.2 Å². The summed E-state index contributed by atoms with van der Waals surface area (Å²) in [6.07, 6.45) is 0.0692. The molecular formula is C13H15BrN2O4S. The van der Waals surface area contributed by atoms with Gasteiger partial charge in [-0.3, -0.25) is 0 Å². The molecule has 21 heavy (non-hydrogen) atoms. The lowest BCUT2D eigenvalue weighted by Crippen LogP contribution is -2.37. The Kier molecular flexibility index (Phi) is 5.89. The zero-order chi connectivity index (χ0) is 16.2. The largest absolute Gasteiger partial charge is 0.478 e. The number of nitrogens with zero attached hydrogens (tertiary/aromatic N) is 2. The highest BCUT2D eigenvalue weighted by molar-refractivity contribution is 9.10. The van der Waals surface area contributed by atoms with Crippen LogP contribution in [0.1, 0.15) is 30.6 Å². The minimum atomic E-state index is -3.85. The maximum absolute atomic E-state index is 12.6. The second-order valence-electron chi connectivity index (χ2n) is 4.56. The van der Waals surface area contributed by atoms with Gasteiger partial charge < -0.3 is 5.11 Å². The molecule has 0 spiro atoms. The molecular weight excluding hydrogens is 360 g/mol. The van der Waals surface area contributed by atoms with Crippen LogP contribution in [0.4, 0.5) is 0 Å². The highest BCUT2D eigenvalue weighted by Gasteiger charge is 2.27. The summed E-state index contributed by atoms with van der Waals surface area (Å²) in [5.41, 5.74) is -0.125. The number of halogens is 1. The number of carbonyl (C=O) groups is 1. The Morgan fingerprint density at radius 1 is 1.48 bits per heavy atom. The van der Waals surface area contributed by atoms with E-state index in [1.54, 1.807) is 13.8 Å². The van der Waals surface area contributed by atoms with E-state index < -0.39 is 16.0 Å². The van der Waals surface area contributed by atoms with Crippen molar-refractivity contribution >= 4 is 31.9 Å². The Morgan fingerprint density at radius 2 is 2.10 bits per heavy atom. The first-order valence-corrected chi connectivity index (χ1v) is 8.36. The Labute approximate surface area is 132 Å². The Bertz CT molecular complexity index is 680. The number of nitriles is 1. The summed E-state index contributed by atoms with van der Waals surface area (Å²) in [6, 6.07) is 5.42. The van der Waals surface area contributed by atoms with Crippen LogP contribution in [-0.2, 0) is 10.0 Å². The molecule has 0 amide bonds. The maximum atomic E-state index is 12.6. The quantitative estimate of drug-likeness (QED) is 0.824. The predicted molar refractivity (Wildman–Crippen MR) is 80.4 cm³/mol. The molecule has 6 nitrogen and oxygen atoms in total. The van der Waals surface area contributed by atoms with Gasteiger partial charge in [-0.25, -0.2) is 13.2 Å². The number of hydrogen-bond donors (Lipinski definition) is 1. The number of benzene rings is 1. The van der Waals surface area contributed by atoms with E-state index in [1.165, 1.54) is 16.4 Å². The van der Waals surface area contributed by atoms with Crippen molar-refractivity contribution in [3.63, 3.8) is 0 Å². The molecule has 8 heteroatoms. The fourth-order valence-corrected chi connectivity index (χ4v) is 3.86. The molecule has 0 saturated heterocycles. The van der Waals surface area contributed by atoms with Crippen molar-refractivity contribution in [2.24, 2.45) is 0 Å². The summed E-state index contributed by atoms with van der Waals surface area (Å²) in [5, 5.41) is 17.7. The first-order valence-electron chi connectivity index (χ1n) is 6.13. The minimum Gasteiger partial charge on any atom is -0.478 e. The van der Waals surface area contributed by atoms with Crippen molar-refractivity contribution in [1.29, 1.82) is 5.26 Å². The van der Waals surface area contributed by atoms with Gasteiger partial charge in [0.1, 0.15) is 0 Å². The number of carboxylic acids is 1. The molecule has 1 N–H and O–H groups in total. The van der Waals surface area contributed by atoms with Crippen LogP contribution in [0.15, 0.2) is 27.6 Å². The lowest BCUT2D eigenvalue weighted by atomic mass is 10.2. The van der Waals surface area contributed by atoms with E-state index in [0.717, 1.165) is 6.07 Å². The van der Waals surface area contributed by atoms with E-state index in [4.69, 9.17) is 10.4 Å². The van der Waals surface area contributed by atoms with E-state index in [0.29, 0.717) is 4.47 Å². The zero-order valence-electron chi connectivity index (χ0n) is 11.6. The minimum absolute atomic E-state index is 0.0645. The first-order chi connectivity index (χ1) is 9.71. The number of hydrogen-bond acceptors (Lipinski definition) is 4. The van der Waals surface area contributed by atoms with Crippen molar-refractivity contribution in [1.82, 2.24) is 4.31 Å². The van der Waals surface area contributed by atoms with Crippen LogP contribution in [-0.4, -0.2) is 36.4 Å². The Balaban J connectivity index is 3.32. The Hall–Kier alpha value is -1.43. The van der Waals surface area contributed by atoms with E-state index in [2.05, 4.69) is 15.9 Å². The van der Waals surface area contributed by atoms with E-state index in [9.17, 15) is 13.2 Å². The normalized spacial score (nSPS) is 11.6. The molecule has 0 saturated carbocycles. The fourth-order valence-electron chi connectivity index (χ4n) is 1.78. The summed E-state index contributed by atoms with van der Waals surface area (Å²) < 4.78 is 26.6. The van der Waals surface area contributed by atoms with Crippen LogP contribution < -0.4 is 0 Å². The molecule has 114 valence electrons. The SMILES string of the molecule is CC(C)N(CCC#N)S(=O)(=O)c1ccc(Br)c(C(=O)O)c1. The number of sulfonamides is 1. The van der Waals surface area contributed by atoms with Crippen LogP contribution in [0, 0.1) is 11.3 Å². The third kappa shape index (κ3) is 4.03. The molecule has 0 unspecified atom stereocenters. The summed E-state index contributed by atoms with van der Waals surface area (Å²) in [5.74, 6) is -1.22. The summed E-state index contributed by atoms with van der Waals surface area (Å²) in [7, 11) is -3.85. The highest BCUT2D eigenvalue weighted by Crippen LogP contribution is 2.24. The third-order valence-corrected chi connectivity index (χ3v) is 5.56. The zero-order valence-corrected chi connectivity index (χ0v) is 14.0. The number of carboxylic acid groups (broad SMARTS) is 1. The lowest BCUT2D eigenvalue weighted by molar-refractivity contribution is 0.0695. The van der Waals surface area contributed by atoms with Gasteiger partial charge in [0.2, 0.25) is 10.0 Å². The molecule has 0 radical (unpaired) electrons. The topological polar surface area (TPSA) is 98.5 Å². The van der Waals surface area contributed by atoms with Crippen molar-refractivity contribution in [2.75, 3.05) is 6.54 Å². The molecule has 0 aromatic heterocycles. The molecule has 0 aliphatic carbocycles. The molecule has 0 bridgehead atoms. The van der Waals surface area contributed by atoms with E-state index in [-0.39, 0.29) is 29.5 Å². The smallest absolute Gasteiger partial charge is 0.336 e. The second kappa shape index (κ2) is 7.02. The van der Waals surface area contributed by atoms with Crippen LogP contribution in [0.3, 0.4) is 0 Å². The number of aromatic carboxylic acids is 1. The van der Waals surface area contributed by atoms with Crippen molar-refractivity contribution < 1.29 is 18.3 Å². The van der Waals surface area contributed by atoms with Gasteiger partial charge in [-0.1, -0.05) is 0 Å². The van der Waals surface area contributed by atoms with Crippen molar-refractivity contribution in [3.8, 4) is 6.07 Å². The van der Waals surface area contributed by atoms with Crippen molar-refractivity contribution in [3.05, 3.63) is 28.2 Å². The van der Waals surface area contributed by atoms with Gasteiger partial charge in [-0.2, -0.15) is 9.57 Å². The van der Waals surface area contributed by atoms with E-state index >= 15 is 0 Å². The number of rotatable bonds is 6. The van der Waals surface area contributed by atoms with Crippen LogP contribution >= 0.6 is 15.9 Å². The molecule has 1 aromatic carbocycles. The van der Waals surface area contributed by atoms with Gasteiger partial charge in [0, 0.05) is 23.5 Å². The van der Waals surface area contributed by atoms with Gasteiger partial charge in [-0.05, 0) is 48.0 Å². The summed E-state index contributed by atoms with van der Waals surface area (Å²) in [6.45, 7) is 3.47. The van der Waals surface area contributed by atoms with Crippen LogP contribution in [0.25, 0.3) is 0 Å². The van der Waals surface area contributed by atoms with Gasteiger partial charge in [0.15, 0.2) is 0 Å². The van der Waals surface area contributed by atoms with Gasteiger partial charge in [0.05, 0.1) is 16.5 Å². The van der Waals surface area contributed by atoms with Gasteiger partial charge in [0.25, 0.3) is 0 Å². The van der Waals surface area contributed by atoms with E-state index in [1.807, 2.05) is 6.07 Å². The maximum Gasteiger partial charge on any atom is 0.336 e. The molecule has 0 heterocycles. The van der Waals surface area contributed by atoms with Gasteiger partial charge in [-0.15, -0.1) is 0 Å². The average Bonchev–Trinajstić information content (AvgIpc) is 2.38. The predicted octanol–water partition coefficient (Wildman–Crippen LogP) is 2.46. The second-order valence-corrected chi connectivity index (χ2v) is 7.31. The molecule has 0 aliphatic heterocycles. The molecule has 0 atom stereocenters. The monoisotopic (exact) mass is 374 g/mol. The highest BCUT2D eigenvalue weighted by atomic mass is 79.9. The Morgan fingerprint density at radius 3 is 2.57 bits per heavy atom. The average molecular weight is 375 g/mol. The first kappa shape index (κ1) is 17.6. The van der Waals surface area contributed by atoms with Gasteiger partial charge >= 0.3 is 5.97 Å². The standard InChI is InChI=1S/C13H15BrN2O4S/c1-9(2)16(7-3-6-15)21(19,20)10-4-5-12(14)11(8-10)13(17)18/h4-5,8-9H,3,7H2,1-2H3,(H,17,18). The molecule has 0 aliphatic rings. The summed E-state index contributed by atoms with van der Waals surface area (Å²) >= 11 is 3.07. The third-order valence-electron chi connectivity index (χ3n) is 2.79. The molecule has 1 aromatic rings. The van der Waals surface area contributed by atoms with Crippen LogP contribution in [0.2, 0.25) is 0 Å². The lowest BCUT2D eigenvalue weighted by Gasteiger charge is -2.25. The molecule has 0 fully saturated rings. The summed E-state index contributed by atoms with van der Waals surface area (Å²) in [4.78, 5) is 11.0. The van der Waals surface area contributed by atoms with Crippen LogP contribution in [0.5, 0.6) is 0 Å². The fraction of sp³-hybridized carbons (Fsp3) is 0.385. The molecule has 1 rings (SSSR count).